The maximum Gasteiger partial charge on any atom is 0.231 e. The average Bonchev–Trinajstić information content (AvgIpc) is 2.79. The Hall–Kier alpha value is -0.940. The first-order valence-electron chi connectivity index (χ1n) is 6.30. The van der Waals surface area contributed by atoms with Gasteiger partial charge in [0, 0.05) is 19.1 Å². The Morgan fingerprint density at radius 3 is 2.76 bits per heavy atom. The third-order valence-electron chi connectivity index (χ3n) is 2.97. The minimum atomic E-state index is 0.272. The molecule has 0 aromatic carbocycles. The van der Waals surface area contributed by atoms with Crippen LogP contribution >= 0.6 is 0 Å². The molecular weight excluding hydrogens is 218 g/mol. The fourth-order valence-electron chi connectivity index (χ4n) is 1.77. The van der Waals surface area contributed by atoms with Crippen LogP contribution in [0.25, 0.3) is 0 Å². The van der Waals surface area contributed by atoms with Crippen molar-refractivity contribution in [3.8, 4) is 0 Å². The highest BCUT2D eigenvalue weighted by Gasteiger charge is 2.22. The number of hydrogen-bond donors (Lipinski definition) is 1. The summed E-state index contributed by atoms with van der Waals surface area (Å²) in [6, 6.07) is 0.334. The molecule has 0 radical (unpaired) electrons. The second kappa shape index (κ2) is 7.40. The average molecular weight is 241 g/mol. The van der Waals surface area contributed by atoms with E-state index >= 15 is 0 Å². The molecular formula is C12H23N3O2. The van der Waals surface area contributed by atoms with Crippen molar-refractivity contribution >= 4 is 0 Å². The standard InChI is InChI=1S/C12H23N3O2/c1-5-10(9(3)13-4)12-14-11(15-17-12)7-8-16-6-2/h9-10,13H,5-8H2,1-4H3. The molecule has 1 heterocycles. The van der Waals surface area contributed by atoms with Crippen LogP contribution in [0.3, 0.4) is 0 Å². The number of ether oxygens (including phenoxy) is 1. The molecule has 0 aliphatic rings. The lowest BCUT2D eigenvalue weighted by molar-refractivity contribution is 0.149. The molecule has 1 aromatic heterocycles. The molecule has 0 spiro atoms. The van der Waals surface area contributed by atoms with E-state index in [-0.39, 0.29) is 5.92 Å². The number of rotatable bonds is 8. The van der Waals surface area contributed by atoms with Crippen molar-refractivity contribution in [2.75, 3.05) is 20.3 Å². The van der Waals surface area contributed by atoms with Crippen LogP contribution in [0.5, 0.6) is 0 Å². The van der Waals surface area contributed by atoms with Crippen molar-refractivity contribution < 1.29 is 9.26 Å². The van der Waals surface area contributed by atoms with Crippen molar-refractivity contribution in [1.82, 2.24) is 15.5 Å². The van der Waals surface area contributed by atoms with Crippen LogP contribution in [0, 0.1) is 0 Å². The highest BCUT2D eigenvalue weighted by atomic mass is 16.5. The van der Waals surface area contributed by atoms with E-state index in [1.54, 1.807) is 0 Å². The Morgan fingerprint density at radius 1 is 1.41 bits per heavy atom. The number of nitrogens with one attached hydrogen (secondary N) is 1. The molecule has 5 nitrogen and oxygen atoms in total. The quantitative estimate of drug-likeness (QED) is 0.703. The van der Waals surface area contributed by atoms with E-state index in [0.717, 1.165) is 24.7 Å². The van der Waals surface area contributed by atoms with E-state index in [4.69, 9.17) is 9.26 Å². The third-order valence-corrected chi connectivity index (χ3v) is 2.97. The summed E-state index contributed by atoms with van der Waals surface area (Å²) in [5.74, 6) is 1.73. The molecule has 98 valence electrons. The molecule has 0 fully saturated rings. The molecule has 0 amide bonds. The zero-order chi connectivity index (χ0) is 12.7. The summed E-state index contributed by atoms with van der Waals surface area (Å²) in [5, 5.41) is 7.20. The Labute approximate surface area is 103 Å². The lowest BCUT2D eigenvalue weighted by Crippen LogP contribution is -2.28. The van der Waals surface area contributed by atoms with Crippen molar-refractivity contribution in [3.05, 3.63) is 11.7 Å². The topological polar surface area (TPSA) is 60.2 Å². The predicted molar refractivity (Wildman–Crippen MR) is 66.0 cm³/mol. The van der Waals surface area contributed by atoms with Gasteiger partial charge in [-0.25, -0.2) is 0 Å². The van der Waals surface area contributed by atoms with Gasteiger partial charge in [-0.15, -0.1) is 0 Å². The van der Waals surface area contributed by atoms with Crippen LogP contribution in [-0.2, 0) is 11.2 Å². The lowest BCUT2D eigenvalue weighted by Gasteiger charge is -2.17. The number of hydrogen-bond acceptors (Lipinski definition) is 5. The summed E-state index contributed by atoms with van der Waals surface area (Å²) in [6.07, 6.45) is 1.69. The molecule has 0 aliphatic carbocycles. The summed E-state index contributed by atoms with van der Waals surface area (Å²) in [4.78, 5) is 4.42. The van der Waals surface area contributed by atoms with Gasteiger partial charge in [-0.05, 0) is 27.3 Å². The molecule has 1 aromatic rings. The minimum absolute atomic E-state index is 0.272. The van der Waals surface area contributed by atoms with Crippen LogP contribution < -0.4 is 5.32 Å². The fourth-order valence-corrected chi connectivity index (χ4v) is 1.77. The van der Waals surface area contributed by atoms with Gasteiger partial charge in [-0.2, -0.15) is 4.98 Å². The van der Waals surface area contributed by atoms with Crippen molar-refractivity contribution in [1.29, 1.82) is 0 Å². The first kappa shape index (κ1) is 14.1. The van der Waals surface area contributed by atoms with E-state index in [0.29, 0.717) is 19.1 Å². The van der Waals surface area contributed by atoms with Crippen LogP contribution in [-0.4, -0.2) is 36.4 Å². The second-order valence-electron chi connectivity index (χ2n) is 4.09. The van der Waals surface area contributed by atoms with Gasteiger partial charge in [0.1, 0.15) is 0 Å². The zero-order valence-corrected chi connectivity index (χ0v) is 11.2. The molecule has 0 aliphatic heterocycles. The molecule has 2 unspecified atom stereocenters. The van der Waals surface area contributed by atoms with Gasteiger partial charge < -0.3 is 14.6 Å². The van der Waals surface area contributed by atoms with E-state index in [9.17, 15) is 0 Å². The number of aromatic nitrogens is 2. The molecule has 0 saturated carbocycles. The summed E-state index contributed by atoms with van der Waals surface area (Å²) in [5.41, 5.74) is 0. The smallest absolute Gasteiger partial charge is 0.231 e. The van der Waals surface area contributed by atoms with E-state index in [1.165, 1.54) is 0 Å². The molecule has 2 atom stereocenters. The van der Waals surface area contributed by atoms with Crippen molar-refractivity contribution in [2.24, 2.45) is 0 Å². The van der Waals surface area contributed by atoms with E-state index in [1.807, 2.05) is 14.0 Å². The Bertz CT molecular complexity index is 314. The molecule has 5 heteroatoms. The third kappa shape index (κ3) is 4.09. The summed E-state index contributed by atoms with van der Waals surface area (Å²) in [6.45, 7) is 7.59. The van der Waals surface area contributed by atoms with Crippen molar-refractivity contribution in [3.63, 3.8) is 0 Å². The summed E-state index contributed by atoms with van der Waals surface area (Å²) < 4.78 is 10.6. The monoisotopic (exact) mass is 241 g/mol. The summed E-state index contributed by atoms with van der Waals surface area (Å²) in [7, 11) is 1.94. The van der Waals surface area contributed by atoms with Gasteiger partial charge in [0.15, 0.2) is 5.82 Å². The maximum absolute atomic E-state index is 5.31. The number of nitrogens with zero attached hydrogens (tertiary/aromatic N) is 2. The van der Waals surface area contributed by atoms with Gasteiger partial charge >= 0.3 is 0 Å². The van der Waals surface area contributed by atoms with Gasteiger partial charge in [0.05, 0.1) is 12.5 Å². The highest BCUT2D eigenvalue weighted by Crippen LogP contribution is 2.21. The Morgan fingerprint density at radius 2 is 2.18 bits per heavy atom. The molecule has 0 bridgehead atoms. The SMILES string of the molecule is CCOCCc1noc(C(CC)C(C)NC)n1. The van der Waals surface area contributed by atoms with Gasteiger partial charge in [-0.3, -0.25) is 0 Å². The van der Waals surface area contributed by atoms with E-state index < -0.39 is 0 Å². The highest BCUT2D eigenvalue weighted by molar-refractivity contribution is 4.98. The molecule has 17 heavy (non-hydrogen) atoms. The first-order valence-corrected chi connectivity index (χ1v) is 6.30. The van der Waals surface area contributed by atoms with Gasteiger partial charge in [0.25, 0.3) is 0 Å². The normalized spacial score (nSPS) is 14.8. The molecule has 1 N–H and O–H groups in total. The minimum Gasteiger partial charge on any atom is -0.381 e. The maximum atomic E-state index is 5.31. The molecule has 1 rings (SSSR count). The number of likely N-dealkylation sites (N-methyl/N-ethyl adjacent to an activating group) is 1. The van der Waals surface area contributed by atoms with Crippen LogP contribution in [0.1, 0.15) is 44.8 Å². The predicted octanol–water partition coefficient (Wildman–Crippen LogP) is 1.75. The van der Waals surface area contributed by atoms with Crippen molar-refractivity contribution in [2.45, 2.75) is 45.6 Å². The Kier molecular flexibility index (Phi) is 6.15. The zero-order valence-electron chi connectivity index (χ0n) is 11.2. The molecule has 0 saturated heterocycles. The lowest BCUT2D eigenvalue weighted by atomic mass is 9.98. The van der Waals surface area contributed by atoms with Gasteiger partial charge in [-0.1, -0.05) is 12.1 Å². The van der Waals surface area contributed by atoms with Crippen LogP contribution in [0.2, 0.25) is 0 Å². The van der Waals surface area contributed by atoms with E-state index in [2.05, 4.69) is 29.3 Å². The largest absolute Gasteiger partial charge is 0.381 e. The summed E-state index contributed by atoms with van der Waals surface area (Å²) >= 11 is 0. The Balaban J connectivity index is 2.58. The van der Waals surface area contributed by atoms with Crippen LogP contribution in [0.15, 0.2) is 4.52 Å². The van der Waals surface area contributed by atoms with Crippen LogP contribution in [0.4, 0.5) is 0 Å². The first-order chi connectivity index (χ1) is 8.22. The van der Waals surface area contributed by atoms with Gasteiger partial charge in [0.2, 0.25) is 5.89 Å². The fraction of sp³-hybridized carbons (Fsp3) is 0.833. The second-order valence-corrected chi connectivity index (χ2v) is 4.09.